The lowest BCUT2D eigenvalue weighted by Gasteiger charge is -2.27. The molecule has 0 spiro atoms. The molecule has 3 rings (SSSR count). The predicted octanol–water partition coefficient (Wildman–Crippen LogP) is 4.39. The summed E-state index contributed by atoms with van der Waals surface area (Å²) in [6, 6.07) is 22.8. The van der Waals surface area contributed by atoms with Crippen molar-refractivity contribution in [2.75, 3.05) is 6.54 Å². The number of amides is 3. The highest BCUT2D eigenvalue weighted by atomic mass is 35.5. The molecule has 0 aromatic heterocycles. The lowest BCUT2D eigenvalue weighted by molar-refractivity contribution is -0.130. The number of nitrogens with two attached hydrogens (primary N) is 2. The summed E-state index contributed by atoms with van der Waals surface area (Å²) in [5, 5.41) is 12.8. The quantitative estimate of drug-likeness (QED) is 0.134. The van der Waals surface area contributed by atoms with Crippen molar-refractivity contribution in [1.82, 2.24) is 10.2 Å². The van der Waals surface area contributed by atoms with Gasteiger partial charge in [0.2, 0.25) is 0 Å². The number of nitrogens with zero attached hydrogens (tertiary/aromatic N) is 2. The van der Waals surface area contributed by atoms with Crippen molar-refractivity contribution in [3.8, 4) is 5.75 Å². The lowest BCUT2D eigenvalue weighted by atomic mass is 10.0. The van der Waals surface area contributed by atoms with Gasteiger partial charge in [-0.2, -0.15) is 0 Å². The van der Waals surface area contributed by atoms with Crippen LogP contribution in [0.1, 0.15) is 42.5 Å². The van der Waals surface area contributed by atoms with Gasteiger partial charge in [-0.15, -0.1) is 17.3 Å². The number of hydrogen-bond acceptors (Lipinski definition) is 8. The van der Waals surface area contributed by atoms with Crippen LogP contribution in [-0.2, 0) is 27.5 Å². The maximum atomic E-state index is 13.8. The molecule has 42 heavy (non-hydrogen) atoms. The maximum absolute atomic E-state index is 13.8. The molecule has 0 bridgehead atoms. The molecular weight excluding hydrogens is 562 g/mol. The topological polar surface area (TPSA) is 170 Å². The van der Waals surface area contributed by atoms with Crippen molar-refractivity contribution >= 4 is 36.5 Å². The van der Waals surface area contributed by atoms with Gasteiger partial charge in [0.05, 0.1) is 6.04 Å². The normalized spacial score (nSPS) is 11.7. The first kappa shape index (κ1) is 33.6. The summed E-state index contributed by atoms with van der Waals surface area (Å²) in [5.41, 5.74) is 13.0. The Kier molecular flexibility index (Phi) is 13.8. The van der Waals surface area contributed by atoms with Crippen LogP contribution in [0, 0.1) is 0 Å². The Bertz CT molecular complexity index is 1250. The number of aromatic hydroxyl groups is 1. The first-order chi connectivity index (χ1) is 19.7. The highest BCUT2D eigenvalue weighted by Gasteiger charge is 2.37. The summed E-state index contributed by atoms with van der Waals surface area (Å²) in [7, 11) is 0. The third-order valence-corrected chi connectivity index (χ3v) is 6.08. The number of halogens is 1. The third-order valence-electron chi connectivity index (χ3n) is 6.08. The van der Waals surface area contributed by atoms with E-state index in [9.17, 15) is 19.5 Å². The van der Waals surface area contributed by atoms with Crippen molar-refractivity contribution in [3.05, 3.63) is 102 Å². The molecule has 6 N–H and O–H groups in total. The second kappa shape index (κ2) is 17.3. The molecule has 0 saturated heterocycles. The van der Waals surface area contributed by atoms with Crippen molar-refractivity contribution in [1.29, 1.82) is 0 Å². The van der Waals surface area contributed by atoms with Crippen LogP contribution >= 0.6 is 12.4 Å². The monoisotopic (exact) mass is 597 g/mol. The van der Waals surface area contributed by atoms with E-state index in [1.54, 1.807) is 60.7 Å². The Hall–Kier alpha value is -4.61. The Morgan fingerprint density at radius 2 is 1.36 bits per heavy atom. The summed E-state index contributed by atoms with van der Waals surface area (Å²) in [4.78, 5) is 44.6. The van der Waals surface area contributed by atoms with E-state index in [1.807, 2.05) is 19.1 Å². The van der Waals surface area contributed by atoms with E-state index < -0.39 is 30.2 Å². The van der Waals surface area contributed by atoms with Gasteiger partial charge < -0.3 is 26.0 Å². The first-order valence-corrected chi connectivity index (χ1v) is 13.1. The second-order valence-corrected chi connectivity index (χ2v) is 9.24. The number of ether oxygens (including phenoxy) is 2. The molecule has 1 unspecified atom stereocenters. The number of carbonyl (C=O) groups excluding carboxylic acids is 3. The number of carbonyl (C=O) groups is 3. The average molecular weight is 598 g/mol. The average Bonchev–Trinajstić information content (AvgIpc) is 2.97. The fourth-order valence-corrected chi connectivity index (χ4v) is 3.92. The minimum atomic E-state index is -1.16. The molecule has 3 amide bonds. The van der Waals surface area contributed by atoms with Crippen molar-refractivity contribution in [2.24, 2.45) is 16.5 Å². The summed E-state index contributed by atoms with van der Waals surface area (Å²) < 4.78 is 10.7. The summed E-state index contributed by atoms with van der Waals surface area (Å²) in [5.74, 6) is -0.843. The predicted molar refractivity (Wildman–Crippen MR) is 161 cm³/mol. The van der Waals surface area contributed by atoms with Crippen LogP contribution in [0.25, 0.3) is 0 Å². The molecule has 11 nitrogen and oxygen atoms in total. The van der Waals surface area contributed by atoms with Crippen LogP contribution in [0.4, 0.5) is 9.59 Å². The molecule has 0 radical (unpaired) electrons. The van der Waals surface area contributed by atoms with Gasteiger partial charge in [0.1, 0.15) is 19.0 Å². The highest BCUT2D eigenvalue weighted by molar-refractivity contribution is 6.08. The smallest absolute Gasteiger partial charge is 0.426 e. The maximum Gasteiger partial charge on any atom is 0.426 e. The van der Waals surface area contributed by atoms with Crippen LogP contribution in [-0.4, -0.2) is 46.6 Å². The number of guanidine groups is 1. The summed E-state index contributed by atoms with van der Waals surface area (Å²) in [6.07, 6.45) is -1.77. The van der Waals surface area contributed by atoms with Crippen LogP contribution in [0.5, 0.6) is 5.75 Å². The molecule has 0 saturated carbocycles. The molecule has 12 heteroatoms. The van der Waals surface area contributed by atoms with E-state index in [0.717, 1.165) is 5.56 Å². The second-order valence-electron chi connectivity index (χ2n) is 9.24. The van der Waals surface area contributed by atoms with Crippen molar-refractivity contribution < 1.29 is 29.0 Å². The molecule has 0 aliphatic heterocycles. The van der Waals surface area contributed by atoms with Gasteiger partial charge in [-0.25, -0.2) is 9.59 Å². The van der Waals surface area contributed by atoms with Crippen molar-refractivity contribution in [3.63, 3.8) is 0 Å². The standard InChI is InChI=1S/C30H35N5O6.ClH/c1-21(24-14-16-25(36)17-15-24)34-26(13-8-18-33-28(31)32)27(37)35(29(38)40-19-22-9-4-2-5-10-22)30(39)41-20-23-11-6-3-7-12-23;/h2-7,9-12,14-17,21,26,34,36H,8,13,18-20H2,1H3,(H4,31,32,33);1H/t21?,26-;/m1./s1. The van der Waals surface area contributed by atoms with E-state index in [1.165, 1.54) is 12.1 Å². The van der Waals surface area contributed by atoms with Gasteiger partial charge in [0.25, 0.3) is 5.91 Å². The van der Waals surface area contributed by atoms with E-state index in [2.05, 4.69) is 10.3 Å². The molecule has 3 aromatic carbocycles. The molecule has 0 aliphatic rings. The van der Waals surface area contributed by atoms with Crippen LogP contribution < -0.4 is 16.8 Å². The zero-order valence-corrected chi connectivity index (χ0v) is 24.0. The molecule has 3 aromatic rings. The van der Waals surface area contributed by atoms with Gasteiger partial charge in [0.15, 0.2) is 5.96 Å². The van der Waals surface area contributed by atoms with Crippen LogP contribution in [0.2, 0.25) is 0 Å². The summed E-state index contributed by atoms with van der Waals surface area (Å²) in [6.45, 7) is 1.75. The molecule has 224 valence electrons. The number of aliphatic imine (C=N–C) groups is 1. The van der Waals surface area contributed by atoms with Gasteiger partial charge in [0, 0.05) is 12.6 Å². The minimum absolute atomic E-state index is 0. The number of phenols is 1. The molecule has 0 heterocycles. The number of rotatable bonds is 12. The lowest BCUT2D eigenvalue weighted by Crippen LogP contribution is -2.52. The third kappa shape index (κ3) is 10.8. The fourth-order valence-electron chi connectivity index (χ4n) is 3.92. The van der Waals surface area contributed by atoms with Gasteiger partial charge in [-0.05, 0) is 48.6 Å². The SMILES string of the molecule is CC(N[C@H](CCCN=C(N)N)C(=O)N(C(=O)OCc1ccccc1)C(=O)OCc1ccccc1)c1ccc(O)cc1.Cl. The van der Waals surface area contributed by atoms with E-state index >= 15 is 0 Å². The van der Waals surface area contributed by atoms with E-state index in [0.29, 0.717) is 22.4 Å². The van der Waals surface area contributed by atoms with Gasteiger partial charge in [-0.1, -0.05) is 72.8 Å². The first-order valence-electron chi connectivity index (χ1n) is 13.1. The molecular formula is C30H36ClN5O6. The van der Waals surface area contributed by atoms with Gasteiger partial charge in [-0.3, -0.25) is 15.1 Å². The minimum Gasteiger partial charge on any atom is -0.508 e. The van der Waals surface area contributed by atoms with Crippen LogP contribution in [0.3, 0.4) is 0 Å². The molecule has 0 fully saturated rings. The fraction of sp³-hybridized carbons (Fsp3) is 0.267. The Labute approximate surface area is 250 Å². The zero-order chi connectivity index (χ0) is 29.6. The zero-order valence-electron chi connectivity index (χ0n) is 23.2. The van der Waals surface area contributed by atoms with E-state index in [-0.39, 0.29) is 50.3 Å². The Morgan fingerprint density at radius 3 is 1.83 bits per heavy atom. The van der Waals surface area contributed by atoms with Crippen LogP contribution in [0.15, 0.2) is 89.9 Å². The van der Waals surface area contributed by atoms with E-state index in [4.69, 9.17) is 20.9 Å². The number of benzene rings is 3. The molecule has 2 atom stereocenters. The van der Waals surface area contributed by atoms with Gasteiger partial charge >= 0.3 is 12.2 Å². The van der Waals surface area contributed by atoms with Crippen molar-refractivity contribution in [2.45, 2.75) is 45.1 Å². The highest BCUT2D eigenvalue weighted by Crippen LogP contribution is 2.19. The molecule has 0 aliphatic carbocycles. The Morgan fingerprint density at radius 1 is 0.857 bits per heavy atom. The summed E-state index contributed by atoms with van der Waals surface area (Å²) >= 11 is 0. The number of nitrogens with one attached hydrogen (secondary N) is 1. The largest absolute Gasteiger partial charge is 0.508 e. The Balaban J connectivity index is 0.00000616. The number of imide groups is 3. The number of hydrogen-bond donors (Lipinski definition) is 4. The number of phenolic OH excluding ortho intramolecular Hbond substituents is 1.